The zero-order valence-corrected chi connectivity index (χ0v) is 10.9. The van der Waals surface area contributed by atoms with Gasteiger partial charge in [-0.05, 0) is 24.6 Å². The Balaban J connectivity index is 2.43. The molecule has 0 radical (unpaired) electrons. The van der Waals surface area contributed by atoms with Gasteiger partial charge in [0, 0.05) is 6.42 Å². The molecule has 1 aromatic rings. The fraction of sp³-hybridized carbons (Fsp3) is 0.357. The lowest BCUT2D eigenvalue weighted by Crippen LogP contribution is -2.23. The number of hydrogen-bond acceptors (Lipinski definition) is 5. The van der Waals surface area contributed by atoms with Crippen LogP contribution in [0.2, 0.25) is 0 Å². The average molecular weight is 261 g/mol. The van der Waals surface area contributed by atoms with Crippen molar-refractivity contribution in [2.75, 3.05) is 13.7 Å². The second kappa shape index (κ2) is 7.17. The van der Waals surface area contributed by atoms with Gasteiger partial charge in [0.1, 0.15) is 5.75 Å². The van der Waals surface area contributed by atoms with Crippen LogP contribution in [0.4, 0.5) is 0 Å². The Kier molecular flexibility index (Phi) is 5.55. The molecule has 100 valence electrons. The van der Waals surface area contributed by atoms with Crippen LogP contribution in [0.15, 0.2) is 24.3 Å². The normalized spacial score (nSPS) is 11.2. The van der Waals surface area contributed by atoms with Gasteiger partial charge in [-0.15, -0.1) is 0 Å². The third-order valence-electron chi connectivity index (χ3n) is 2.57. The molecule has 1 atom stereocenters. The fourth-order valence-electron chi connectivity index (χ4n) is 1.45. The minimum atomic E-state index is -1.32. The summed E-state index contributed by atoms with van der Waals surface area (Å²) in [6, 6.07) is 8.97. The Morgan fingerprint density at radius 3 is 2.42 bits per heavy atom. The number of hydrogen-bond donors (Lipinski definition) is 0. The third-order valence-corrected chi connectivity index (χ3v) is 2.57. The molecule has 0 spiro atoms. The van der Waals surface area contributed by atoms with Gasteiger partial charge in [0.05, 0.1) is 19.8 Å². The predicted molar refractivity (Wildman–Crippen MR) is 67.4 cm³/mol. The zero-order chi connectivity index (χ0) is 14.3. The number of methoxy groups -OCH3 is 1. The molecule has 0 heterocycles. The number of benzene rings is 1. The van der Waals surface area contributed by atoms with Crippen molar-refractivity contribution in [3.05, 3.63) is 29.8 Å². The molecule has 0 bridgehead atoms. The number of rotatable bonds is 6. The molecule has 0 aliphatic rings. The van der Waals surface area contributed by atoms with Crippen molar-refractivity contribution in [3.63, 3.8) is 0 Å². The van der Waals surface area contributed by atoms with E-state index < -0.39 is 17.7 Å². The molecular weight excluding hydrogens is 246 g/mol. The molecule has 0 saturated heterocycles. The van der Waals surface area contributed by atoms with Gasteiger partial charge in [0.25, 0.3) is 0 Å². The maximum absolute atomic E-state index is 11.4. The van der Waals surface area contributed by atoms with E-state index in [4.69, 9.17) is 14.7 Å². The Hall–Kier alpha value is -2.35. The first-order valence-corrected chi connectivity index (χ1v) is 5.78. The summed E-state index contributed by atoms with van der Waals surface area (Å²) in [6.07, 6.45) is 0.520. The molecule has 19 heavy (non-hydrogen) atoms. The summed E-state index contributed by atoms with van der Waals surface area (Å²) in [5.41, 5.74) is 0.977. The second-order valence-corrected chi connectivity index (χ2v) is 3.94. The molecule has 1 rings (SSSR count). The van der Waals surface area contributed by atoms with Gasteiger partial charge in [-0.2, -0.15) is 5.26 Å². The molecule has 0 aliphatic heterocycles. The average Bonchev–Trinajstić information content (AvgIpc) is 2.40. The Morgan fingerprint density at radius 1 is 1.32 bits per heavy atom. The summed E-state index contributed by atoms with van der Waals surface area (Å²) in [5, 5.41) is 8.66. The van der Waals surface area contributed by atoms with Crippen molar-refractivity contribution in [1.82, 2.24) is 0 Å². The van der Waals surface area contributed by atoms with Gasteiger partial charge in [-0.25, -0.2) is 0 Å². The molecule has 0 aromatic heterocycles. The van der Waals surface area contributed by atoms with E-state index in [0.717, 1.165) is 11.3 Å². The van der Waals surface area contributed by atoms with Crippen LogP contribution in [0.3, 0.4) is 0 Å². The maximum atomic E-state index is 11.4. The molecule has 0 fully saturated rings. The number of Topliss-reactive ketones (excluding diaryl/α,β-unsaturated/α-hetero) is 1. The van der Waals surface area contributed by atoms with Gasteiger partial charge < -0.3 is 9.47 Å². The van der Waals surface area contributed by atoms with Crippen LogP contribution in [0.5, 0.6) is 5.75 Å². The first-order valence-electron chi connectivity index (χ1n) is 5.78. The van der Waals surface area contributed by atoms with Crippen LogP contribution in [-0.4, -0.2) is 25.5 Å². The van der Waals surface area contributed by atoms with Crippen LogP contribution >= 0.6 is 0 Å². The van der Waals surface area contributed by atoms with E-state index in [9.17, 15) is 9.59 Å². The van der Waals surface area contributed by atoms with E-state index in [1.54, 1.807) is 13.2 Å². The van der Waals surface area contributed by atoms with Gasteiger partial charge in [0.15, 0.2) is 5.78 Å². The molecule has 1 aromatic carbocycles. The summed E-state index contributed by atoms with van der Waals surface area (Å²) in [5.74, 6) is -1.86. The van der Waals surface area contributed by atoms with E-state index in [1.165, 1.54) is 6.92 Å². The van der Waals surface area contributed by atoms with Crippen molar-refractivity contribution in [2.24, 2.45) is 5.92 Å². The topological polar surface area (TPSA) is 76.4 Å². The summed E-state index contributed by atoms with van der Waals surface area (Å²) in [4.78, 5) is 22.4. The van der Waals surface area contributed by atoms with Crippen molar-refractivity contribution in [2.45, 2.75) is 13.3 Å². The van der Waals surface area contributed by atoms with Crippen molar-refractivity contribution in [3.8, 4) is 11.8 Å². The molecule has 5 heteroatoms. The maximum Gasteiger partial charge on any atom is 0.331 e. The van der Waals surface area contributed by atoms with Crippen LogP contribution in [-0.2, 0) is 20.7 Å². The minimum absolute atomic E-state index is 0.136. The smallest absolute Gasteiger partial charge is 0.331 e. The second-order valence-electron chi connectivity index (χ2n) is 3.94. The van der Waals surface area contributed by atoms with Gasteiger partial charge in [-0.1, -0.05) is 12.1 Å². The molecule has 0 aliphatic carbocycles. The molecule has 1 unspecified atom stereocenters. The van der Waals surface area contributed by atoms with E-state index >= 15 is 0 Å². The highest BCUT2D eigenvalue weighted by atomic mass is 16.5. The monoisotopic (exact) mass is 261 g/mol. The molecule has 5 nitrogen and oxygen atoms in total. The fourth-order valence-corrected chi connectivity index (χ4v) is 1.45. The molecule has 0 N–H and O–H groups in total. The van der Waals surface area contributed by atoms with Crippen LogP contribution < -0.4 is 4.74 Å². The quantitative estimate of drug-likeness (QED) is 0.573. The van der Waals surface area contributed by atoms with Gasteiger partial charge in [-0.3, -0.25) is 9.59 Å². The Bertz CT molecular complexity index is 487. The number of nitriles is 1. The number of esters is 1. The highest BCUT2D eigenvalue weighted by Gasteiger charge is 2.24. The van der Waals surface area contributed by atoms with Crippen LogP contribution in [0, 0.1) is 17.2 Å². The SMILES string of the molecule is COc1ccc(CCOC(=O)C(C#N)C(C)=O)cc1. The van der Waals surface area contributed by atoms with Gasteiger partial charge in [0.2, 0.25) is 5.92 Å². The lowest BCUT2D eigenvalue weighted by molar-refractivity contribution is -0.149. The van der Waals surface area contributed by atoms with Crippen LogP contribution in [0.1, 0.15) is 12.5 Å². The number of ether oxygens (including phenoxy) is 2. The standard InChI is InChI=1S/C14H15NO4/c1-10(16)13(9-15)14(17)19-8-7-11-3-5-12(18-2)6-4-11/h3-6,13H,7-8H2,1-2H3. The minimum Gasteiger partial charge on any atom is -0.497 e. The molecule has 0 saturated carbocycles. The van der Waals surface area contributed by atoms with E-state index in [1.807, 2.05) is 24.3 Å². The Morgan fingerprint density at radius 2 is 1.95 bits per heavy atom. The summed E-state index contributed by atoms with van der Waals surface area (Å²) in [7, 11) is 1.58. The van der Waals surface area contributed by atoms with Crippen molar-refractivity contribution in [1.29, 1.82) is 5.26 Å². The summed E-state index contributed by atoms with van der Waals surface area (Å²) in [6.45, 7) is 1.33. The first-order chi connectivity index (χ1) is 9.08. The van der Waals surface area contributed by atoms with E-state index in [-0.39, 0.29) is 6.61 Å². The van der Waals surface area contributed by atoms with E-state index in [2.05, 4.69) is 0 Å². The number of carbonyl (C=O) groups excluding carboxylic acids is 2. The van der Waals surface area contributed by atoms with Crippen molar-refractivity contribution >= 4 is 11.8 Å². The molecular formula is C14H15NO4. The highest BCUT2D eigenvalue weighted by Crippen LogP contribution is 2.12. The zero-order valence-electron chi connectivity index (χ0n) is 10.9. The lowest BCUT2D eigenvalue weighted by Gasteiger charge is -2.07. The lowest BCUT2D eigenvalue weighted by atomic mass is 10.1. The van der Waals surface area contributed by atoms with E-state index in [0.29, 0.717) is 6.42 Å². The van der Waals surface area contributed by atoms with Gasteiger partial charge >= 0.3 is 5.97 Å². The molecule has 0 amide bonds. The summed E-state index contributed by atoms with van der Waals surface area (Å²) < 4.78 is 9.93. The van der Waals surface area contributed by atoms with Crippen molar-refractivity contribution < 1.29 is 19.1 Å². The first kappa shape index (κ1) is 14.7. The van der Waals surface area contributed by atoms with Crippen LogP contribution in [0.25, 0.3) is 0 Å². The third kappa shape index (κ3) is 4.43. The highest BCUT2D eigenvalue weighted by molar-refractivity contribution is 6.00. The Labute approximate surface area is 111 Å². The number of ketones is 1. The number of nitrogens with zero attached hydrogens (tertiary/aromatic N) is 1. The predicted octanol–water partition coefficient (Wildman–Crippen LogP) is 1.51. The number of carbonyl (C=O) groups is 2. The summed E-state index contributed by atoms with van der Waals surface area (Å²) >= 11 is 0. The largest absolute Gasteiger partial charge is 0.497 e.